The van der Waals surface area contributed by atoms with E-state index < -0.39 is 0 Å². The third kappa shape index (κ3) is 3.83. The van der Waals surface area contributed by atoms with E-state index in [1.807, 2.05) is 24.3 Å². The van der Waals surface area contributed by atoms with Crippen molar-refractivity contribution < 1.29 is 9.59 Å². The quantitative estimate of drug-likeness (QED) is 0.886. The molecule has 1 aromatic carbocycles. The highest BCUT2D eigenvalue weighted by atomic mass is 16.2. The second-order valence-corrected chi connectivity index (χ2v) is 8.49. The Kier molecular flexibility index (Phi) is 5.37. The fraction of sp³-hybridized carbons (Fsp3) is 0.636. The van der Waals surface area contributed by atoms with Gasteiger partial charge in [-0.15, -0.1) is 0 Å². The Bertz CT molecular complexity index is 681. The Morgan fingerprint density at radius 2 is 1.59 bits per heavy atom. The molecular formula is C22H31N3O2. The van der Waals surface area contributed by atoms with E-state index in [1.165, 1.54) is 25.7 Å². The molecule has 1 saturated carbocycles. The third-order valence-electron chi connectivity index (χ3n) is 6.81. The molecule has 27 heavy (non-hydrogen) atoms. The number of carbonyl (C=O) groups is 2. The second-order valence-electron chi connectivity index (χ2n) is 8.49. The Morgan fingerprint density at radius 1 is 0.889 bits per heavy atom. The summed E-state index contributed by atoms with van der Waals surface area (Å²) in [5.41, 5.74) is 7.35. The first-order valence-electron chi connectivity index (χ1n) is 10.6. The van der Waals surface area contributed by atoms with Crippen LogP contribution in [0.3, 0.4) is 0 Å². The number of nitrogens with two attached hydrogens (primary N) is 1. The van der Waals surface area contributed by atoms with Crippen LogP contribution in [0.1, 0.15) is 61.7 Å². The predicted octanol–water partition coefficient (Wildman–Crippen LogP) is 3.18. The van der Waals surface area contributed by atoms with Crippen molar-refractivity contribution in [1.82, 2.24) is 4.90 Å². The lowest BCUT2D eigenvalue weighted by atomic mass is 9.95. The molecule has 0 spiro atoms. The molecule has 0 unspecified atom stereocenters. The molecule has 0 aromatic heterocycles. The standard InChI is InChI=1S/C22H31N3O2/c23-21(26)18-7-3-13-24(15-18)19-11-9-17(10-12-19)22(27)25-14-4-8-20(25)16-5-1-2-6-16/h9-12,16,18,20H,1-8,13-15H2,(H2,23,26)/t18-,20+/m0/s1. The van der Waals surface area contributed by atoms with Gasteiger partial charge >= 0.3 is 0 Å². The van der Waals surface area contributed by atoms with Crippen LogP contribution in [0.25, 0.3) is 0 Å². The molecule has 5 heteroatoms. The number of hydrogen-bond donors (Lipinski definition) is 1. The van der Waals surface area contributed by atoms with Crippen molar-refractivity contribution >= 4 is 17.5 Å². The number of likely N-dealkylation sites (tertiary alicyclic amines) is 1. The van der Waals surface area contributed by atoms with Gasteiger partial charge in [0.15, 0.2) is 0 Å². The van der Waals surface area contributed by atoms with Crippen molar-refractivity contribution in [2.24, 2.45) is 17.6 Å². The number of benzene rings is 1. The van der Waals surface area contributed by atoms with E-state index >= 15 is 0 Å². The topological polar surface area (TPSA) is 66.6 Å². The molecule has 2 N–H and O–H groups in total. The second kappa shape index (κ2) is 7.91. The number of primary amides is 1. The maximum atomic E-state index is 13.1. The van der Waals surface area contributed by atoms with Crippen molar-refractivity contribution in [2.45, 2.75) is 57.4 Å². The van der Waals surface area contributed by atoms with Crippen molar-refractivity contribution in [1.29, 1.82) is 0 Å². The zero-order valence-corrected chi connectivity index (χ0v) is 16.1. The number of piperidine rings is 1. The summed E-state index contributed by atoms with van der Waals surface area (Å²) < 4.78 is 0. The third-order valence-corrected chi connectivity index (χ3v) is 6.81. The van der Waals surface area contributed by atoms with Gasteiger partial charge < -0.3 is 15.5 Å². The molecule has 3 aliphatic rings. The van der Waals surface area contributed by atoms with Gasteiger partial charge in [-0.2, -0.15) is 0 Å². The molecule has 2 aliphatic heterocycles. The van der Waals surface area contributed by atoms with Gasteiger partial charge in [0.05, 0.1) is 5.92 Å². The van der Waals surface area contributed by atoms with Crippen molar-refractivity contribution in [3.63, 3.8) is 0 Å². The lowest BCUT2D eigenvalue weighted by molar-refractivity contribution is -0.122. The van der Waals surface area contributed by atoms with Gasteiger partial charge in [0.1, 0.15) is 0 Å². The van der Waals surface area contributed by atoms with E-state index in [0.29, 0.717) is 18.5 Å². The highest BCUT2D eigenvalue weighted by Crippen LogP contribution is 2.36. The maximum Gasteiger partial charge on any atom is 0.254 e. The van der Waals surface area contributed by atoms with Crippen LogP contribution >= 0.6 is 0 Å². The van der Waals surface area contributed by atoms with Crippen LogP contribution in [0.15, 0.2) is 24.3 Å². The van der Waals surface area contributed by atoms with Crippen LogP contribution in [0.5, 0.6) is 0 Å². The molecule has 1 aliphatic carbocycles. The summed E-state index contributed by atoms with van der Waals surface area (Å²) in [6.07, 6.45) is 9.35. The van der Waals surface area contributed by atoms with Gasteiger partial charge in [-0.25, -0.2) is 0 Å². The molecule has 2 heterocycles. The van der Waals surface area contributed by atoms with Crippen LogP contribution in [-0.4, -0.2) is 42.4 Å². The minimum atomic E-state index is -0.210. The highest BCUT2D eigenvalue weighted by Gasteiger charge is 2.36. The summed E-state index contributed by atoms with van der Waals surface area (Å²) in [5.74, 6) is 0.606. The molecule has 146 valence electrons. The SMILES string of the molecule is NC(=O)[C@H]1CCCN(c2ccc(C(=O)N3CCC[C@@H]3C3CCCC3)cc2)C1. The normalized spacial score (nSPS) is 26.5. The van der Waals surface area contributed by atoms with Crippen LogP contribution < -0.4 is 10.6 Å². The molecule has 4 rings (SSSR count). The predicted molar refractivity (Wildman–Crippen MR) is 107 cm³/mol. The summed E-state index contributed by atoms with van der Waals surface area (Å²) in [6, 6.07) is 8.40. The number of nitrogens with zero attached hydrogens (tertiary/aromatic N) is 2. The number of hydrogen-bond acceptors (Lipinski definition) is 3. The molecular weight excluding hydrogens is 338 g/mol. The van der Waals surface area contributed by atoms with Crippen molar-refractivity contribution in [3.05, 3.63) is 29.8 Å². The highest BCUT2D eigenvalue weighted by molar-refractivity contribution is 5.95. The van der Waals surface area contributed by atoms with E-state index in [-0.39, 0.29) is 17.7 Å². The van der Waals surface area contributed by atoms with Crippen molar-refractivity contribution in [2.75, 3.05) is 24.5 Å². The summed E-state index contributed by atoms with van der Waals surface area (Å²) >= 11 is 0. The first-order chi connectivity index (χ1) is 13.1. The molecule has 0 bridgehead atoms. The maximum absolute atomic E-state index is 13.1. The van der Waals surface area contributed by atoms with Gasteiger partial charge in [0.2, 0.25) is 5.91 Å². The first kappa shape index (κ1) is 18.3. The average Bonchev–Trinajstić information content (AvgIpc) is 3.39. The number of rotatable bonds is 4. The van der Waals surface area contributed by atoms with E-state index in [4.69, 9.17) is 5.73 Å². The summed E-state index contributed by atoms with van der Waals surface area (Å²) in [6.45, 7) is 2.51. The van der Waals surface area contributed by atoms with Crippen LogP contribution in [-0.2, 0) is 4.79 Å². The first-order valence-corrected chi connectivity index (χ1v) is 10.6. The molecule has 2 saturated heterocycles. The Labute approximate surface area is 161 Å². The summed E-state index contributed by atoms with van der Waals surface area (Å²) in [7, 11) is 0. The Balaban J connectivity index is 1.44. The lowest BCUT2D eigenvalue weighted by Crippen LogP contribution is -2.41. The zero-order valence-electron chi connectivity index (χ0n) is 16.1. The van der Waals surface area contributed by atoms with Crippen LogP contribution in [0.2, 0.25) is 0 Å². The Morgan fingerprint density at radius 3 is 2.30 bits per heavy atom. The minimum absolute atomic E-state index is 0.0724. The molecule has 2 atom stereocenters. The molecule has 5 nitrogen and oxygen atoms in total. The van der Waals surface area contributed by atoms with E-state index in [2.05, 4.69) is 9.80 Å². The fourth-order valence-corrected chi connectivity index (χ4v) is 5.30. The monoisotopic (exact) mass is 369 g/mol. The van der Waals surface area contributed by atoms with Crippen LogP contribution in [0.4, 0.5) is 5.69 Å². The van der Waals surface area contributed by atoms with Gasteiger partial charge in [-0.3, -0.25) is 9.59 Å². The molecule has 2 amide bonds. The van der Waals surface area contributed by atoms with Gasteiger partial charge in [-0.05, 0) is 68.7 Å². The number of amides is 2. The molecule has 1 aromatic rings. The minimum Gasteiger partial charge on any atom is -0.371 e. The number of carbonyl (C=O) groups excluding carboxylic acids is 2. The van der Waals surface area contributed by atoms with Gasteiger partial charge in [0, 0.05) is 36.9 Å². The van der Waals surface area contributed by atoms with Crippen molar-refractivity contribution in [3.8, 4) is 0 Å². The van der Waals surface area contributed by atoms with Gasteiger partial charge in [0.25, 0.3) is 5.91 Å². The lowest BCUT2D eigenvalue weighted by Gasteiger charge is -2.33. The average molecular weight is 370 g/mol. The fourth-order valence-electron chi connectivity index (χ4n) is 5.30. The molecule has 0 radical (unpaired) electrons. The summed E-state index contributed by atoms with van der Waals surface area (Å²) in [5, 5.41) is 0. The van der Waals surface area contributed by atoms with E-state index in [1.54, 1.807) is 0 Å². The Hall–Kier alpha value is -2.04. The van der Waals surface area contributed by atoms with E-state index in [9.17, 15) is 9.59 Å². The number of anilines is 1. The van der Waals surface area contributed by atoms with Crippen LogP contribution in [0, 0.1) is 11.8 Å². The largest absolute Gasteiger partial charge is 0.371 e. The smallest absolute Gasteiger partial charge is 0.254 e. The van der Waals surface area contributed by atoms with Gasteiger partial charge in [-0.1, -0.05) is 12.8 Å². The zero-order chi connectivity index (χ0) is 18.8. The molecule has 3 fully saturated rings. The van der Waals surface area contributed by atoms with E-state index in [0.717, 1.165) is 50.0 Å². The summed E-state index contributed by atoms with van der Waals surface area (Å²) in [4.78, 5) is 28.9.